The first-order chi connectivity index (χ1) is 16.7. The molecule has 35 heavy (non-hydrogen) atoms. The molecule has 0 saturated carbocycles. The number of methoxy groups -OCH3 is 1. The van der Waals surface area contributed by atoms with Gasteiger partial charge in [-0.2, -0.15) is 0 Å². The van der Waals surface area contributed by atoms with Crippen molar-refractivity contribution >= 4 is 23.5 Å². The zero-order valence-electron chi connectivity index (χ0n) is 21.0. The van der Waals surface area contributed by atoms with Crippen molar-refractivity contribution in [2.75, 3.05) is 44.7 Å². The molecule has 7 nitrogen and oxygen atoms in total. The molecule has 0 amide bonds. The lowest BCUT2D eigenvalue weighted by Gasteiger charge is -2.34. The van der Waals surface area contributed by atoms with Gasteiger partial charge < -0.3 is 14.7 Å². The van der Waals surface area contributed by atoms with Crippen LogP contribution in [0.4, 0.5) is 10.1 Å². The third kappa shape index (κ3) is 5.89. The number of likely N-dealkylation sites (N-methyl/N-ethyl adjacent to an activating group) is 1. The van der Waals surface area contributed by atoms with E-state index in [9.17, 15) is 9.90 Å². The molecule has 8 heteroatoms. The molecule has 0 aliphatic carbocycles. The average molecular weight is 483 g/mol. The zero-order chi connectivity index (χ0) is 25.7. The van der Waals surface area contributed by atoms with Crippen molar-refractivity contribution in [3.05, 3.63) is 59.4 Å². The maximum absolute atomic E-state index is 15.4. The Bertz CT molecular complexity index is 1090. The quantitative estimate of drug-likeness (QED) is 0.312. The van der Waals surface area contributed by atoms with Gasteiger partial charge in [0.15, 0.2) is 12.1 Å². The van der Waals surface area contributed by atoms with Gasteiger partial charge in [0.1, 0.15) is 17.3 Å². The number of amidine groups is 1. The largest absolute Gasteiger partial charge is 0.507 e. The van der Waals surface area contributed by atoms with Gasteiger partial charge in [-0.05, 0) is 41.8 Å². The fourth-order valence-corrected chi connectivity index (χ4v) is 4.39. The Balaban J connectivity index is 1.91. The lowest BCUT2D eigenvalue weighted by atomic mass is 9.97. The van der Waals surface area contributed by atoms with Gasteiger partial charge in [-0.1, -0.05) is 33.4 Å². The van der Waals surface area contributed by atoms with Crippen LogP contribution in [0, 0.1) is 11.2 Å². The summed E-state index contributed by atoms with van der Waals surface area (Å²) in [7, 11) is 1.52. The maximum atomic E-state index is 15.4. The molecule has 188 valence electrons. The third-order valence-corrected chi connectivity index (χ3v) is 6.47. The Morgan fingerprint density at radius 1 is 1.23 bits per heavy atom. The number of ether oxygens (including phenoxy) is 1. The smallest absolute Gasteiger partial charge is 0.185 e. The molecule has 0 spiro atoms. The molecular weight excluding hydrogens is 447 g/mol. The Labute approximate surface area is 206 Å². The minimum Gasteiger partial charge on any atom is -0.507 e. The van der Waals surface area contributed by atoms with Crippen molar-refractivity contribution < 1.29 is 19.0 Å². The highest BCUT2D eigenvalue weighted by Crippen LogP contribution is 2.38. The van der Waals surface area contributed by atoms with Crippen LogP contribution in [0.1, 0.15) is 43.4 Å². The SMILES string of the molecule is C=C(c1cc(C(C)C)c(OC)cc1O)N(C(=N)C=O)c1ccc(CN2CCN(CC)CC2)cc1F. The summed E-state index contributed by atoms with van der Waals surface area (Å²) in [6.07, 6.45) is 0.329. The van der Waals surface area contributed by atoms with Gasteiger partial charge >= 0.3 is 0 Å². The van der Waals surface area contributed by atoms with E-state index in [1.165, 1.54) is 19.2 Å². The molecule has 1 fully saturated rings. The summed E-state index contributed by atoms with van der Waals surface area (Å²) in [5, 5.41) is 18.9. The fraction of sp³-hybridized carbons (Fsp3) is 0.407. The minimum atomic E-state index is -0.570. The number of phenolic OH excluding ortho intramolecular Hbond substituents is 1. The Morgan fingerprint density at radius 3 is 2.43 bits per heavy atom. The lowest BCUT2D eigenvalue weighted by molar-refractivity contribution is -0.102. The van der Waals surface area contributed by atoms with Crippen LogP contribution in [0.5, 0.6) is 11.5 Å². The van der Waals surface area contributed by atoms with E-state index in [-0.39, 0.29) is 23.1 Å². The number of nitrogens with zero attached hydrogens (tertiary/aromatic N) is 3. The van der Waals surface area contributed by atoms with Crippen LogP contribution in [-0.2, 0) is 11.3 Å². The molecule has 0 bridgehead atoms. The van der Waals surface area contributed by atoms with Crippen molar-refractivity contribution in [3.63, 3.8) is 0 Å². The summed E-state index contributed by atoms with van der Waals surface area (Å²) in [5.74, 6) is -0.603. The minimum absolute atomic E-state index is 0.0213. The predicted molar refractivity (Wildman–Crippen MR) is 138 cm³/mol. The van der Waals surface area contributed by atoms with Crippen LogP contribution < -0.4 is 9.64 Å². The van der Waals surface area contributed by atoms with E-state index in [2.05, 4.69) is 23.3 Å². The van der Waals surface area contributed by atoms with E-state index in [0.29, 0.717) is 24.1 Å². The number of aldehydes is 1. The number of phenols is 1. The Hall–Kier alpha value is -3.23. The van der Waals surface area contributed by atoms with Crippen LogP contribution in [0.2, 0.25) is 0 Å². The van der Waals surface area contributed by atoms with Crippen LogP contribution >= 0.6 is 0 Å². The molecule has 1 aliphatic heterocycles. The van der Waals surface area contributed by atoms with Crippen molar-refractivity contribution in [3.8, 4) is 11.5 Å². The van der Waals surface area contributed by atoms with E-state index < -0.39 is 11.7 Å². The summed E-state index contributed by atoms with van der Waals surface area (Å²) >= 11 is 0. The number of hydrogen-bond donors (Lipinski definition) is 2. The highest BCUT2D eigenvalue weighted by molar-refractivity contribution is 6.35. The van der Waals surface area contributed by atoms with Crippen LogP contribution in [-0.4, -0.2) is 66.9 Å². The lowest BCUT2D eigenvalue weighted by Crippen LogP contribution is -2.45. The molecule has 0 aromatic heterocycles. The van der Waals surface area contributed by atoms with Gasteiger partial charge in [0.25, 0.3) is 0 Å². The molecule has 1 aliphatic rings. The third-order valence-electron chi connectivity index (χ3n) is 6.47. The van der Waals surface area contributed by atoms with Crippen LogP contribution in [0.3, 0.4) is 0 Å². The van der Waals surface area contributed by atoms with Gasteiger partial charge in [0.05, 0.1) is 18.5 Å². The molecule has 3 rings (SSSR count). The molecule has 1 heterocycles. The van der Waals surface area contributed by atoms with Gasteiger partial charge in [-0.3, -0.25) is 20.0 Å². The Morgan fingerprint density at radius 2 is 1.89 bits per heavy atom. The molecule has 2 N–H and O–H groups in total. The normalized spacial score (nSPS) is 14.7. The van der Waals surface area contributed by atoms with E-state index in [1.54, 1.807) is 18.2 Å². The predicted octanol–water partition coefficient (Wildman–Crippen LogP) is 4.45. The number of halogens is 1. The number of rotatable bonds is 9. The number of benzene rings is 2. The fourth-order valence-electron chi connectivity index (χ4n) is 4.39. The molecule has 1 saturated heterocycles. The van der Waals surface area contributed by atoms with Crippen molar-refractivity contribution in [1.29, 1.82) is 5.41 Å². The van der Waals surface area contributed by atoms with Gasteiger partial charge in [0, 0.05) is 44.4 Å². The maximum Gasteiger partial charge on any atom is 0.185 e. The highest BCUT2D eigenvalue weighted by Gasteiger charge is 2.24. The first-order valence-electron chi connectivity index (χ1n) is 11.9. The number of carbonyl (C=O) groups is 1. The standard InChI is InChI=1S/C27H35FN4O3/c1-6-30-9-11-31(12-10-30)16-20-7-8-24(23(28)13-20)32(27(29)17-33)19(4)22-14-21(18(2)3)26(35-5)15-25(22)34/h7-8,13-15,17-18,29,34H,4,6,9-12,16H2,1-3,5H3. The molecule has 2 aromatic rings. The summed E-state index contributed by atoms with van der Waals surface area (Å²) in [6, 6.07) is 7.97. The molecule has 0 unspecified atom stereocenters. The monoisotopic (exact) mass is 482 g/mol. The summed E-state index contributed by atoms with van der Waals surface area (Å²) < 4.78 is 20.7. The summed E-state index contributed by atoms with van der Waals surface area (Å²) in [4.78, 5) is 17.4. The van der Waals surface area contributed by atoms with Crippen molar-refractivity contribution in [1.82, 2.24) is 9.80 Å². The second kappa shape index (κ2) is 11.5. The number of piperazine rings is 1. The van der Waals surface area contributed by atoms with E-state index in [4.69, 9.17) is 10.1 Å². The van der Waals surface area contributed by atoms with E-state index in [0.717, 1.165) is 48.8 Å². The number of aromatic hydroxyl groups is 1. The zero-order valence-corrected chi connectivity index (χ0v) is 21.0. The van der Waals surface area contributed by atoms with Gasteiger partial charge in [-0.25, -0.2) is 4.39 Å². The average Bonchev–Trinajstić information content (AvgIpc) is 2.85. The topological polar surface area (TPSA) is 80.1 Å². The van der Waals surface area contributed by atoms with Gasteiger partial charge in [-0.15, -0.1) is 0 Å². The second-order valence-electron chi connectivity index (χ2n) is 9.05. The highest BCUT2D eigenvalue weighted by atomic mass is 19.1. The van der Waals surface area contributed by atoms with Crippen LogP contribution in [0.25, 0.3) is 5.70 Å². The molecule has 0 atom stereocenters. The number of nitrogens with one attached hydrogen (secondary N) is 1. The van der Waals surface area contributed by atoms with Crippen LogP contribution in [0.15, 0.2) is 36.9 Å². The Kier molecular flexibility index (Phi) is 8.64. The number of carbonyl (C=O) groups excluding carboxylic acids is 1. The summed E-state index contributed by atoms with van der Waals surface area (Å²) in [5.41, 5.74) is 2.06. The van der Waals surface area contributed by atoms with E-state index in [1.807, 2.05) is 13.8 Å². The molecular formula is C27H35FN4O3. The number of anilines is 1. The summed E-state index contributed by atoms with van der Waals surface area (Å²) in [6.45, 7) is 15.6. The first kappa shape index (κ1) is 26.4. The van der Waals surface area contributed by atoms with Gasteiger partial charge in [0.2, 0.25) is 0 Å². The van der Waals surface area contributed by atoms with Crippen molar-refractivity contribution in [2.45, 2.75) is 33.2 Å². The first-order valence-corrected chi connectivity index (χ1v) is 11.9. The van der Waals surface area contributed by atoms with E-state index >= 15 is 4.39 Å². The molecule has 2 aromatic carbocycles. The van der Waals surface area contributed by atoms with Crippen molar-refractivity contribution in [2.24, 2.45) is 0 Å². The number of hydrogen-bond acceptors (Lipinski definition) is 6. The second-order valence-corrected chi connectivity index (χ2v) is 9.05. The molecule has 0 radical (unpaired) electrons.